The summed E-state index contributed by atoms with van der Waals surface area (Å²) in [4.78, 5) is 10.9. The lowest BCUT2D eigenvalue weighted by Crippen LogP contribution is -2.32. The summed E-state index contributed by atoms with van der Waals surface area (Å²) in [5.74, 6) is -1.21. The zero-order valence-corrected chi connectivity index (χ0v) is 12.7. The van der Waals surface area contributed by atoms with Gasteiger partial charge < -0.3 is 10.8 Å². The Balaban J connectivity index is 3.31. The highest BCUT2D eigenvalue weighted by molar-refractivity contribution is 7.99. The number of rotatable bonds is 4. The number of nitrogens with two attached hydrogens (primary N) is 1. The number of nitriles is 2. The molecular formula is C11H6Cl3N3O2S. The van der Waals surface area contributed by atoms with Crippen LogP contribution in [0.2, 0.25) is 15.1 Å². The van der Waals surface area contributed by atoms with E-state index < -0.39 is 12.0 Å². The summed E-state index contributed by atoms with van der Waals surface area (Å²) < 4.78 is 0. The van der Waals surface area contributed by atoms with Crippen molar-refractivity contribution in [3.63, 3.8) is 0 Å². The summed E-state index contributed by atoms with van der Waals surface area (Å²) in [6.07, 6.45) is 0. The summed E-state index contributed by atoms with van der Waals surface area (Å²) in [5.41, 5.74) is 5.25. The largest absolute Gasteiger partial charge is 0.480 e. The first-order valence-corrected chi connectivity index (χ1v) is 7.08. The second-order valence-corrected chi connectivity index (χ2v) is 5.66. The molecule has 0 aliphatic rings. The number of halogens is 3. The standard InChI is InChI=1S/C11H6Cl3N3O2S/c12-7-4(1-15)8(13)9(14)10(5(7)2-16)20-3-6(17)11(18)19/h6H,3,17H2,(H,18,19)/t6-/m0/s1. The fraction of sp³-hybridized carbons (Fsp3) is 0.182. The molecule has 0 heterocycles. The first kappa shape index (κ1) is 16.9. The molecule has 0 unspecified atom stereocenters. The average molecular weight is 351 g/mol. The molecule has 1 atom stereocenters. The lowest BCUT2D eigenvalue weighted by molar-refractivity contribution is -0.137. The molecule has 5 nitrogen and oxygen atoms in total. The van der Waals surface area contributed by atoms with Crippen LogP contribution in [0, 0.1) is 22.7 Å². The van der Waals surface area contributed by atoms with Gasteiger partial charge in [-0.05, 0) is 0 Å². The number of thioether (sulfide) groups is 1. The van der Waals surface area contributed by atoms with Gasteiger partial charge in [0.25, 0.3) is 0 Å². The van der Waals surface area contributed by atoms with Gasteiger partial charge in [0, 0.05) is 10.6 Å². The van der Waals surface area contributed by atoms with Crippen molar-refractivity contribution < 1.29 is 9.90 Å². The quantitative estimate of drug-likeness (QED) is 0.638. The number of aliphatic carboxylic acids is 1. The number of hydrogen-bond donors (Lipinski definition) is 2. The number of nitrogens with zero attached hydrogens (tertiary/aromatic N) is 2. The van der Waals surface area contributed by atoms with E-state index in [1.165, 1.54) is 0 Å². The van der Waals surface area contributed by atoms with Crippen LogP contribution in [0.5, 0.6) is 0 Å². The Kier molecular flexibility index (Phi) is 5.94. The van der Waals surface area contributed by atoms with Crippen LogP contribution in [-0.2, 0) is 4.79 Å². The molecule has 0 aliphatic heterocycles. The Labute approximate surface area is 133 Å². The van der Waals surface area contributed by atoms with E-state index in [-0.39, 0.29) is 36.8 Å². The van der Waals surface area contributed by atoms with Gasteiger partial charge in [-0.15, -0.1) is 11.8 Å². The minimum absolute atomic E-state index is 0.0215. The number of carboxylic acids is 1. The molecule has 0 aliphatic carbocycles. The van der Waals surface area contributed by atoms with Crippen LogP contribution < -0.4 is 5.73 Å². The van der Waals surface area contributed by atoms with E-state index in [0.29, 0.717) is 0 Å². The second-order valence-electron chi connectivity index (χ2n) is 3.50. The first-order chi connectivity index (χ1) is 9.34. The second kappa shape index (κ2) is 7.03. The lowest BCUT2D eigenvalue weighted by atomic mass is 10.1. The Bertz CT molecular complexity index is 652. The summed E-state index contributed by atoms with van der Waals surface area (Å²) in [6.45, 7) is 0. The monoisotopic (exact) mass is 349 g/mol. The number of carboxylic acid groups (broad SMARTS) is 1. The molecular weight excluding hydrogens is 345 g/mol. The third-order valence-corrected chi connectivity index (χ3v) is 4.79. The van der Waals surface area contributed by atoms with Gasteiger partial charge in [-0.3, -0.25) is 4.79 Å². The predicted molar refractivity (Wildman–Crippen MR) is 77.2 cm³/mol. The van der Waals surface area contributed by atoms with Crippen LogP contribution in [0.25, 0.3) is 0 Å². The van der Waals surface area contributed by atoms with Gasteiger partial charge in [-0.1, -0.05) is 34.8 Å². The van der Waals surface area contributed by atoms with E-state index >= 15 is 0 Å². The highest BCUT2D eigenvalue weighted by Gasteiger charge is 2.23. The van der Waals surface area contributed by atoms with E-state index in [9.17, 15) is 4.79 Å². The minimum Gasteiger partial charge on any atom is -0.480 e. The molecule has 0 aromatic heterocycles. The topological polar surface area (TPSA) is 111 Å². The SMILES string of the molecule is N#Cc1c(Cl)c(Cl)c(SC[C@H](N)C(=O)O)c(C#N)c1Cl. The fourth-order valence-electron chi connectivity index (χ4n) is 1.22. The maximum absolute atomic E-state index is 10.7. The number of carbonyl (C=O) groups is 1. The van der Waals surface area contributed by atoms with Gasteiger partial charge in [0.15, 0.2) is 0 Å². The van der Waals surface area contributed by atoms with E-state index in [1.54, 1.807) is 6.07 Å². The molecule has 104 valence electrons. The third kappa shape index (κ3) is 3.29. The Morgan fingerprint density at radius 2 is 1.75 bits per heavy atom. The van der Waals surface area contributed by atoms with Gasteiger partial charge in [0.05, 0.1) is 26.2 Å². The smallest absolute Gasteiger partial charge is 0.321 e. The number of benzene rings is 1. The highest BCUT2D eigenvalue weighted by atomic mass is 35.5. The lowest BCUT2D eigenvalue weighted by Gasteiger charge is -2.12. The van der Waals surface area contributed by atoms with E-state index in [1.807, 2.05) is 6.07 Å². The predicted octanol–water partition coefficient (Wildman–Crippen LogP) is 2.89. The summed E-state index contributed by atoms with van der Waals surface area (Å²) >= 11 is 18.8. The molecule has 0 fully saturated rings. The van der Waals surface area contributed by atoms with Crippen LogP contribution in [0.1, 0.15) is 11.1 Å². The molecule has 3 N–H and O–H groups in total. The van der Waals surface area contributed by atoms with E-state index in [4.69, 9.17) is 56.2 Å². The molecule has 0 radical (unpaired) electrons. The third-order valence-electron chi connectivity index (χ3n) is 2.23. The van der Waals surface area contributed by atoms with Gasteiger partial charge in [0.1, 0.15) is 18.2 Å². The molecule has 1 aromatic rings. The molecule has 0 bridgehead atoms. The van der Waals surface area contributed by atoms with Crippen LogP contribution in [0.4, 0.5) is 0 Å². The molecule has 0 spiro atoms. The first-order valence-electron chi connectivity index (χ1n) is 4.96. The summed E-state index contributed by atoms with van der Waals surface area (Å²) in [7, 11) is 0. The minimum atomic E-state index is -1.18. The van der Waals surface area contributed by atoms with Gasteiger partial charge >= 0.3 is 5.97 Å². The molecule has 1 rings (SSSR count). The molecule has 1 aromatic carbocycles. The van der Waals surface area contributed by atoms with Crippen molar-refractivity contribution in [2.75, 3.05) is 5.75 Å². The van der Waals surface area contributed by atoms with Crippen LogP contribution in [-0.4, -0.2) is 22.9 Å². The van der Waals surface area contributed by atoms with Crippen molar-refractivity contribution in [1.29, 1.82) is 10.5 Å². The van der Waals surface area contributed by atoms with Crippen molar-refractivity contribution in [2.45, 2.75) is 10.9 Å². The molecule has 20 heavy (non-hydrogen) atoms. The van der Waals surface area contributed by atoms with Crippen LogP contribution in [0.15, 0.2) is 4.90 Å². The maximum Gasteiger partial charge on any atom is 0.321 e. The van der Waals surface area contributed by atoms with Crippen molar-refractivity contribution in [1.82, 2.24) is 0 Å². The van der Waals surface area contributed by atoms with Crippen molar-refractivity contribution >= 4 is 52.5 Å². The van der Waals surface area contributed by atoms with E-state index in [2.05, 4.69) is 0 Å². The zero-order chi connectivity index (χ0) is 15.4. The van der Waals surface area contributed by atoms with Crippen molar-refractivity contribution in [2.24, 2.45) is 5.73 Å². The van der Waals surface area contributed by atoms with Gasteiger partial charge in [0.2, 0.25) is 0 Å². The Hall–Kier alpha value is -1.15. The van der Waals surface area contributed by atoms with E-state index in [0.717, 1.165) is 11.8 Å². The summed E-state index contributed by atoms with van der Waals surface area (Å²) in [6, 6.07) is 2.46. The zero-order valence-electron chi connectivity index (χ0n) is 9.65. The molecule has 0 saturated heterocycles. The molecule has 0 saturated carbocycles. The van der Waals surface area contributed by atoms with Crippen molar-refractivity contribution in [3.05, 3.63) is 26.2 Å². The maximum atomic E-state index is 10.7. The molecule has 0 amide bonds. The fourth-order valence-corrected chi connectivity index (χ4v) is 3.25. The highest BCUT2D eigenvalue weighted by Crippen LogP contribution is 2.42. The van der Waals surface area contributed by atoms with Gasteiger partial charge in [-0.25, -0.2) is 0 Å². The van der Waals surface area contributed by atoms with Crippen LogP contribution in [0.3, 0.4) is 0 Å². The number of hydrogen-bond acceptors (Lipinski definition) is 5. The normalized spacial score (nSPS) is 11.5. The summed E-state index contributed by atoms with van der Waals surface area (Å²) in [5, 5.41) is 26.5. The average Bonchev–Trinajstić information content (AvgIpc) is 2.41. The molecule has 9 heteroatoms. The van der Waals surface area contributed by atoms with Crippen LogP contribution >= 0.6 is 46.6 Å². The Morgan fingerprint density at radius 1 is 1.20 bits per heavy atom. The van der Waals surface area contributed by atoms with Gasteiger partial charge in [-0.2, -0.15) is 10.5 Å². The van der Waals surface area contributed by atoms with Crippen molar-refractivity contribution in [3.8, 4) is 12.1 Å². The Morgan fingerprint density at radius 3 is 2.20 bits per heavy atom.